The maximum Gasteiger partial charge on any atom is 0.355 e. The first-order valence-corrected chi connectivity index (χ1v) is 8.24. The van der Waals surface area contributed by atoms with E-state index in [4.69, 9.17) is 4.74 Å². The topological polar surface area (TPSA) is 71.2 Å². The summed E-state index contributed by atoms with van der Waals surface area (Å²) in [5, 5.41) is 2.69. The Hall–Kier alpha value is -2.63. The first kappa shape index (κ1) is 18.7. The fraction of sp³-hybridized carbons (Fsp3) is 0.368. The van der Waals surface area contributed by atoms with Crippen LogP contribution in [0.15, 0.2) is 18.2 Å². The van der Waals surface area contributed by atoms with E-state index < -0.39 is 5.97 Å². The maximum absolute atomic E-state index is 13.5. The molecule has 2 aromatic rings. The highest BCUT2D eigenvalue weighted by molar-refractivity contribution is 5.91. The minimum atomic E-state index is -0.395. The molecule has 0 atom stereocenters. The minimum absolute atomic E-state index is 0.207. The average molecular weight is 346 g/mol. The molecule has 0 saturated carbocycles. The lowest BCUT2D eigenvalue weighted by Crippen LogP contribution is -2.13. The third-order valence-corrected chi connectivity index (χ3v) is 4.13. The van der Waals surface area contributed by atoms with Gasteiger partial charge in [-0.15, -0.1) is 0 Å². The van der Waals surface area contributed by atoms with Gasteiger partial charge in [0.05, 0.1) is 6.61 Å². The first-order valence-electron chi connectivity index (χ1n) is 8.24. The Labute approximate surface area is 146 Å². The average Bonchev–Trinajstić information content (AvgIpc) is 2.84. The van der Waals surface area contributed by atoms with Crippen molar-refractivity contribution < 1.29 is 18.7 Å². The number of rotatable bonds is 6. The number of amides is 1. The fourth-order valence-corrected chi connectivity index (χ4v) is 2.70. The number of hydrogen-bond donors (Lipinski definition) is 2. The molecular formula is C19H23FN2O3. The molecule has 0 aliphatic carbocycles. The lowest BCUT2D eigenvalue weighted by atomic mass is 10.0. The zero-order chi connectivity index (χ0) is 18.6. The van der Waals surface area contributed by atoms with Crippen molar-refractivity contribution in [1.29, 1.82) is 0 Å². The van der Waals surface area contributed by atoms with Gasteiger partial charge < -0.3 is 15.0 Å². The van der Waals surface area contributed by atoms with E-state index in [0.717, 1.165) is 16.8 Å². The molecule has 0 aliphatic rings. The molecule has 1 amide bonds. The van der Waals surface area contributed by atoms with Crippen molar-refractivity contribution in [2.75, 3.05) is 11.9 Å². The van der Waals surface area contributed by atoms with Gasteiger partial charge in [-0.25, -0.2) is 9.18 Å². The van der Waals surface area contributed by atoms with Crippen LogP contribution in [0.3, 0.4) is 0 Å². The van der Waals surface area contributed by atoms with Crippen molar-refractivity contribution in [1.82, 2.24) is 4.98 Å². The highest BCUT2D eigenvalue weighted by atomic mass is 19.1. The number of esters is 1. The summed E-state index contributed by atoms with van der Waals surface area (Å²) in [6, 6.07) is 4.60. The molecule has 0 unspecified atom stereocenters. The quantitative estimate of drug-likeness (QED) is 0.781. The van der Waals surface area contributed by atoms with E-state index in [1.807, 2.05) is 13.8 Å². The van der Waals surface area contributed by atoms with Crippen molar-refractivity contribution in [3.05, 3.63) is 52.1 Å². The Morgan fingerprint density at radius 2 is 1.96 bits per heavy atom. The minimum Gasteiger partial charge on any atom is -0.461 e. The number of aryl methyl sites for hydroxylation is 2. The van der Waals surface area contributed by atoms with E-state index in [9.17, 15) is 14.0 Å². The van der Waals surface area contributed by atoms with Crippen LogP contribution in [0.2, 0.25) is 0 Å². The normalized spacial score (nSPS) is 10.6. The molecule has 25 heavy (non-hydrogen) atoms. The molecule has 2 N–H and O–H groups in total. The van der Waals surface area contributed by atoms with Crippen LogP contribution in [0.5, 0.6) is 0 Å². The number of carbonyl (C=O) groups is 2. The van der Waals surface area contributed by atoms with Gasteiger partial charge in [0.1, 0.15) is 11.5 Å². The molecule has 0 spiro atoms. The van der Waals surface area contributed by atoms with E-state index in [0.29, 0.717) is 30.0 Å². The maximum atomic E-state index is 13.5. The monoisotopic (exact) mass is 346 g/mol. The second-order valence-electron chi connectivity index (χ2n) is 5.96. The van der Waals surface area contributed by atoms with E-state index >= 15 is 0 Å². The lowest BCUT2D eigenvalue weighted by Gasteiger charge is -2.07. The van der Waals surface area contributed by atoms with Crippen LogP contribution in [0.25, 0.3) is 0 Å². The second kappa shape index (κ2) is 7.96. The van der Waals surface area contributed by atoms with E-state index in [1.165, 1.54) is 6.07 Å². The highest BCUT2D eigenvalue weighted by Gasteiger charge is 2.18. The number of carbonyl (C=O) groups excluding carboxylic acids is 2. The molecule has 1 aromatic heterocycles. The molecule has 134 valence electrons. The predicted octanol–water partition coefficient (Wildman–Crippen LogP) is 3.83. The highest BCUT2D eigenvalue weighted by Crippen LogP contribution is 2.21. The number of nitrogens with one attached hydrogen (secondary N) is 2. The van der Waals surface area contributed by atoms with Crippen molar-refractivity contribution in [2.24, 2.45) is 0 Å². The van der Waals surface area contributed by atoms with Crippen molar-refractivity contribution in [3.63, 3.8) is 0 Å². The molecule has 0 aliphatic heterocycles. The van der Waals surface area contributed by atoms with E-state index in [2.05, 4.69) is 10.3 Å². The summed E-state index contributed by atoms with van der Waals surface area (Å²) in [6.07, 6.45) is 0.713. The van der Waals surface area contributed by atoms with Gasteiger partial charge in [-0.1, -0.05) is 6.07 Å². The number of aromatic amines is 1. The lowest BCUT2D eigenvalue weighted by molar-refractivity contribution is -0.116. The third-order valence-electron chi connectivity index (χ3n) is 4.13. The summed E-state index contributed by atoms with van der Waals surface area (Å²) in [6.45, 7) is 7.42. The standard InChI is InChI=1S/C19H23FN2O3/c1-5-25-19(24)18-12(3)15(13(4)21-18)8-9-17(23)22-14-7-6-11(2)16(20)10-14/h6-7,10,21H,5,8-9H2,1-4H3,(H,22,23). The number of H-pyrrole nitrogens is 1. The summed E-state index contributed by atoms with van der Waals surface area (Å²) in [5.41, 5.74) is 3.95. The number of hydrogen-bond acceptors (Lipinski definition) is 3. The zero-order valence-electron chi connectivity index (χ0n) is 15.0. The van der Waals surface area contributed by atoms with Crippen LogP contribution in [0.1, 0.15) is 46.2 Å². The van der Waals surface area contributed by atoms with Crippen LogP contribution in [0, 0.1) is 26.6 Å². The summed E-state index contributed by atoms with van der Waals surface area (Å²) in [5.74, 6) is -0.955. The van der Waals surface area contributed by atoms with Crippen LogP contribution in [-0.2, 0) is 16.0 Å². The predicted molar refractivity (Wildman–Crippen MR) is 94.3 cm³/mol. The summed E-state index contributed by atoms with van der Waals surface area (Å²) in [7, 11) is 0. The van der Waals surface area contributed by atoms with Crippen molar-refractivity contribution in [2.45, 2.75) is 40.5 Å². The third kappa shape index (κ3) is 4.47. The Morgan fingerprint density at radius 3 is 2.60 bits per heavy atom. The molecule has 0 fully saturated rings. The Bertz CT molecular complexity index is 796. The Kier molecular flexibility index (Phi) is 5.96. The van der Waals surface area contributed by atoms with Gasteiger partial charge in [0.15, 0.2) is 0 Å². The van der Waals surface area contributed by atoms with Gasteiger partial charge in [-0.05, 0) is 62.9 Å². The van der Waals surface area contributed by atoms with Gasteiger partial charge in [0.25, 0.3) is 0 Å². The summed E-state index contributed by atoms with van der Waals surface area (Å²) >= 11 is 0. The van der Waals surface area contributed by atoms with Crippen molar-refractivity contribution >= 4 is 17.6 Å². The largest absolute Gasteiger partial charge is 0.461 e. The fourth-order valence-electron chi connectivity index (χ4n) is 2.70. The van der Waals surface area contributed by atoms with Gasteiger partial charge in [0, 0.05) is 17.8 Å². The number of benzene rings is 1. The van der Waals surface area contributed by atoms with Crippen LogP contribution < -0.4 is 5.32 Å². The molecular weight excluding hydrogens is 323 g/mol. The molecule has 5 nitrogen and oxygen atoms in total. The van der Waals surface area contributed by atoms with Crippen LogP contribution >= 0.6 is 0 Å². The molecule has 2 rings (SSSR count). The SMILES string of the molecule is CCOC(=O)c1[nH]c(C)c(CCC(=O)Nc2ccc(C)c(F)c2)c1C. The Balaban J connectivity index is 2.02. The van der Waals surface area contributed by atoms with Gasteiger partial charge >= 0.3 is 5.97 Å². The Morgan fingerprint density at radius 1 is 1.24 bits per heavy atom. The number of anilines is 1. The smallest absolute Gasteiger partial charge is 0.355 e. The van der Waals surface area contributed by atoms with Gasteiger partial charge in [-0.3, -0.25) is 4.79 Å². The number of ether oxygens (including phenoxy) is 1. The van der Waals surface area contributed by atoms with E-state index in [-0.39, 0.29) is 18.1 Å². The molecule has 6 heteroatoms. The molecule has 0 radical (unpaired) electrons. The summed E-state index contributed by atoms with van der Waals surface area (Å²) in [4.78, 5) is 27.0. The van der Waals surface area contributed by atoms with Gasteiger partial charge in [-0.2, -0.15) is 0 Å². The van der Waals surface area contributed by atoms with Crippen LogP contribution in [0.4, 0.5) is 10.1 Å². The second-order valence-corrected chi connectivity index (χ2v) is 5.96. The zero-order valence-corrected chi connectivity index (χ0v) is 15.0. The number of halogens is 1. The molecule has 0 saturated heterocycles. The summed E-state index contributed by atoms with van der Waals surface area (Å²) < 4.78 is 18.5. The number of aromatic nitrogens is 1. The molecule has 1 heterocycles. The molecule has 0 bridgehead atoms. The van der Waals surface area contributed by atoms with Crippen LogP contribution in [-0.4, -0.2) is 23.5 Å². The first-order chi connectivity index (χ1) is 11.8. The van der Waals surface area contributed by atoms with E-state index in [1.54, 1.807) is 26.0 Å². The van der Waals surface area contributed by atoms with Gasteiger partial charge in [0.2, 0.25) is 5.91 Å². The molecule has 1 aromatic carbocycles. The van der Waals surface area contributed by atoms with Crippen molar-refractivity contribution in [3.8, 4) is 0 Å².